The van der Waals surface area contributed by atoms with Crippen LogP contribution in [0.5, 0.6) is 5.75 Å². The Balaban J connectivity index is 2.42. The summed E-state index contributed by atoms with van der Waals surface area (Å²) in [5.74, 6) is -0.428. The lowest BCUT2D eigenvalue weighted by atomic mass is 9.82. The van der Waals surface area contributed by atoms with Gasteiger partial charge in [-0.2, -0.15) is 0 Å². The summed E-state index contributed by atoms with van der Waals surface area (Å²) in [6.07, 6.45) is 13.8. The standard InChI is InChI=1S/C27H44O4/c1-5-9-10-11-12-13-14-15-16-19-22-30-25(28)27(7-3,8-4)26(29)31-24-21-18-17-20-23(24)6-2/h17-18,20-21H,5-16,19,22H2,1-4H3. The monoisotopic (exact) mass is 432 g/mol. The van der Waals surface area contributed by atoms with E-state index >= 15 is 0 Å². The van der Waals surface area contributed by atoms with Gasteiger partial charge in [-0.05, 0) is 37.3 Å². The minimum Gasteiger partial charge on any atom is -0.465 e. The number of rotatable bonds is 17. The van der Waals surface area contributed by atoms with E-state index in [0.29, 0.717) is 25.2 Å². The molecule has 176 valence electrons. The highest BCUT2D eigenvalue weighted by Gasteiger charge is 2.46. The van der Waals surface area contributed by atoms with Crippen molar-refractivity contribution in [2.45, 2.75) is 111 Å². The Labute approximate surface area is 190 Å². The molecule has 1 aromatic rings. The van der Waals surface area contributed by atoms with Crippen molar-refractivity contribution in [3.8, 4) is 5.75 Å². The summed E-state index contributed by atoms with van der Waals surface area (Å²) in [5, 5.41) is 0. The zero-order chi connectivity index (χ0) is 23.0. The highest BCUT2D eigenvalue weighted by atomic mass is 16.6. The van der Waals surface area contributed by atoms with Crippen LogP contribution in [0.2, 0.25) is 0 Å². The van der Waals surface area contributed by atoms with Crippen molar-refractivity contribution in [2.24, 2.45) is 5.41 Å². The van der Waals surface area contributed by atoms with Crippen molar-refractivity contribution in [1.82, 2.24) is 0 Å². The van der Waals surface area contributed by atoms with Crippen molar-refractivity contribution in [3.05, 3.63) is 29.8 Å². The number of hydrogen-bond acceptors (Lipinski definition) is 4. The zero-order valence-electron chi connectivity index (χ0n) is 20.3. The lowest BCUT2D eigenvalue weighted by Crippen LogP contribution is -2.42. The molecule has 0 bridgehead atoms. The number of carbonyl (C=O) groups excluding carboxylic acids is 2. The smallest absolute Gasteiger partial charge is 0.328 e. The van der Waals surface area contributed by atoms with Crippen LogP contribution in [-0.4, -0.2) is 18.5 Å². The highest BCUT2D eigenvalue weighted by Crippen LogP contribution is 2.32. The Morgan fingerprint density at radius 3 is 1.84 bits per heavy atom. The Kier molecular flexibility index (Phi) is 13.9. The molecule has 0 amide bonds. The first-order valence-corrected chi connectivity index (χ1v) is 12.5. The number of esters is 2. The Morgan fingerprint density at radius 1 is 0.742 bits per heavy atom. The fraction of sp³-hybridized carbons (Fsp3) is 0.704. The maximum Gasteiger partial charge on any atom is 0.328 e. The highest BCUT2D eigenvalue weighted by molar-refractivity contribution is 6.00. The molecule has 0 unspecified atom stereocenters. The largest absolute Gasteiger partial charge is 0.465 e. The molecule has 4 nitrogen and oxygen atoms in total. The van der Waals surface area contributed by atoms with Crippen molar-refractivity contribution in [3.63, 3.8) is 0 Å². The van der Waals surface area contributed by atoms with Gasteiger partial charge in [0.1, 0.15) is 5.75 Å². The third-order valence-electron chi connectivity index (χ3n) is 6.28. The lowest BCUT2D eigenvalue weighted by molar-refractivity contribution is -0.168. The molecule has 4 heteroatoms. The molecule has 0 spiro atoms. The predicted molar refractivity (Wildman–Crippen MR) is 127 cm³/mol. The predicted octanol–water partition coefficient (Wildman–Crippen LogP) is 7.42. The number of unbranched alkanes of at least 4 members (excludes halogenated alkanes) is 9. The minimum absolute atomic E-state index is 0.369. The summed E-state index contributed by atoms with van der Waals surface area (Å²) < 4.78 is 11.2. The fourth-order valence-electron chi connectivity index (χ4n) is 3.90. The first-order valence-electron chi connectivity index (χ1n) is 12.5. The number of hydrogen-bond donors (Lipinski definition) is 0. The van der Waals surface area contributed by atoms with Gasteiger partial charge in [-0.25, -0.2) is 0 Å². The Bertz CT molecular complexity index is 634. The third kappa shape index (κ3) is 9.04. The second kappa shape index (κ2) is 15.9. The van der Waals surface area contributed by atoms with Gasteiger partial charge < -0.3 is 9.47 Å². The normalized spacial score (nSPS) is 11.4. The van der Waals surface area contributed by atoms with E-state index in [4.69, 9.17) is 9.47 Å². The number of benzene rings is 1. The molecule has 0 aliphatic rings. The minimum atomic E-state index is -1.24. The van der Waals surface area contributed by atoms with E-state index in [-0.39, 0.29) is 0 Å². The first kappa shape index (κ1) is 27.2. The van der Waals surface area contributed by atoms with Crippen LogP contribution in [0.3, 0.4) is 0 Å². The second-order valence-corrected chi connectivity index (χ2v) is 8.46. The summed E-state index contributed by atoms with van der Waals surface area (Å²) in [7, 11) is 0. The van der Waals surface area contributed by atoms with Crippen LogP contribution in [0.25, 0.3) is 0 Å². The molecule has 0 heterocycles. The number of carbonyl (C=O) groups is 2. The summed E-state index contributed by atoms with van der Waals surface area (Å²) in [6, 6.07) is 7.47. The third-order valence-corrected chi connectivity index (χ3v) is 6.28. The molecule has 0 fully saturated rings. The van der Waals surface area contributed by atoms with E-state index in [1.807, 2.05) is 39.0 Å². The van der Waals surface area contributed by atoms with E-state index < -0.39 is 17.4 Å². The van der Waals surface area contributed by atoms with Gasteiger partial charge in [0.2, 0.25) is 0 Å². The van der Waals surface area contributed by atoms with Crippen molar-refractivity contribution in [2.75, 3.05) is 6.61 Å². The Hall–Kier alpha value is -1.84. The van der Waals surface area contributed by atoms with Gasteiger partial charge in [-0.15, -0.1) is 0 Å². The van der Waals surface area contributed by atoms with Crippen molar-refractivity contribution in [1.29, 1.82) is 0 Å². The molecule has 0 aliphatic carbocycles. The molecule has 0 aliphatic heterocycles. The lowest BCUT2D eigenvalue weighted by Gasteiger charge is -2.27. The molecule has 0 saturated heterocycles. The summed E-state index contributed by atoms with van der Waals surface area (Å²) in [6.45, 7) is 8.32. The van der Waals surface area contributed by atoms with E-state index in [2.05, 4.69) is 6.92 Å². The quantitative estimate of drug-likeness (QED) is 0.111. The molecular weight excluding hydrogens is 388 g/mol. The summed E-state index contributed by atoms with van der Waals surface area (Å²) in [5.41, 5.74) is -0.282. The number of para-hydroxylation sites is 1. The van der Waals surface area contributed by atoms with E-state index in [1.165, 1.54) is 51.4 Å². The van der Waals surface area contributed by atoms with Crippen LogP contribution in [0.4, 0.5) is 0 Å². The van der Waals surface area contributed by atoms with Gasteiger partial charge in [0.15, 0.2) is 5.41 Å². The molecule has 0 aromatic heterocycles. The van der Waals surface area contributed by atoms with E-state index in [0.717, 1.165) is 24.8 Å². The van der Waals surface area contributed by atoms with Gasteiger partial charge in [0.05, 0.1) is 6.61 Å². The average molecular weight is 433 g/mol. The van der Waals surface area contributed by atoms with Crippen LogP contribution in [-0.2, 0) is 20.7 Å². The van der Waals surface area contributed by atoms with Crippen LogP contribution in [0.15, 0.2) is 24.3 Å². The van der Waals surface area contributed by atoms with Gasteiger partial charge in [0.25, 0.3) is 0 Å². The topological polar surface area (TPSA) is 52.6 Å². The van der Waals surface area contributed by atoms with Crippen LogP contribution in [0, 0.1) is 5.41 Å². The van der Waals surface area contributed by atoms with Crippen LogP contribution >= 0.6 is 0 Å². The summed E-state index contributed by atoms with van der Waals surface area (Å²) >= 11 is 0. The maximum absolute atomic E-state index is 13.0. The second-order valence-electron chi connectivity index (χ2n) is 8.46. The molecule has 1 rings (SSSR count). The van der Waals surface area contributed by atoms with Crippen molar-refractivity contribution >= 4 is 11.9 Å². The van der Waals surface area contributed by atoms with E-state index in [9.17, 15) is 9.59 Å². The van der Waals surface area contributed by atoms with Gasteiger partial charge in [-0.1, -0.05) is 104 Å². The molecule has 1 aromatic carbocycles. The molecular formula is C27H44O4. The van der Waals surface area contributed by atoms with Gasteiger partial charge >= 0.3 is 11.9 Å². The number of aryl methyl sites for hydroxylation is 1. The molecule has 0 radical (unpaired) electrons. The van der Waals surface area contributed by atoms with Crippen LogP contribution in [0.1, 0.15) is 110 Å². The van der Waals surface area contributed by atoms with Gasteiger partial charge in [-0.3, -0.25) is 9.59 Å². The fourth-order valence-corrected chi connectivity index (χ4v) is 3.90. The van der Waals surface area contributed by atoms with Crippen LogP contribution < -0.4 is 4.74 Å². The first-order chi connectivity index (χ1) is 15.1. The maximum atomic E-state index is 13.0. The SMILES string of the molecule is CCCCCCCCCCCCOC(=O)C(CC)(CC)C(=O)Oc1ccccc1CC. The Morgan fingerprint density at radius 2 is 1.29 bits per heavy atom. The van der Waals surface area contributed by atoms with Crippen molar-refractivity contribution < 1.29 is 19.1 Å². The molecule has 31 heavy (non-hydrogen) atoms. The number of ether oxygens (including phenoxy) is 2. The summed E-state index contributed by atoms with van der Waals surface area (Å²) in [4.78, 5) is 25.8. The van der Waals surface area contributed by atoms with E-state index in [1.54, 1.807) is 6.07 Å². The molecule has 0 N–H and O–H groups in total. The molecule has 0 atom stereocenters. The molecule has 0 saturated carbocycles. The average Bonchev–Trinajstić information content (AvgIpc) is 2.79. The zero-order valence-corrected chi connectivity index (χ0v) is 20.3. The van der Waals surface area contributed by atoms with Gasteiger partial charge in [0, 0.05) is 0 Å².